The average molecular weight is 278 g/mol. The van der Waals surface area contributed by atoms with E-state index in [1.165, 1.54) is 6.07 Å². The van der Waals surface area contributed by atoms with E-state index >= 15 is 0 Å². The van der Waals surface area contributed by atoms with Crippen LogP contribution in [0.2, 0.25) is 0 Å². The first kappa shape index (κ1) is 15.8. The summed E-state index contributed by atoms with van der Waals surface area (Å²) in [5.41, 5.74) is -0.759. The van der Waals surface area contributed by atoms with E-state index in [9.17, 15) is 17.6 Å². The molecule has 0 aromatic heterocycles. The van der Waals surface area contributed by atoms with E-state index in [1.54, 1.807) is 4.90 Å². The van der Waals surface area contributed by atoms with Gasteiger partial charge in [-0.05, 0) is 31.7 Å². The molecule has 0 amide bonds. The molecule has 0 saturated carbocycles. The van der Waals surface area contributed by atoms with E-state index in [1.807, 2.05) is 13.8 Å². The molecule has 0 saturated heterocycles. The third kappa shape index (κ3) is 4.38. The van der Waals surface area contributed by atoms with E-state index in [4.69, 9.17) is 0 Å². The average Bonchev–Trinajstić information content (AvgIpc) is 2.34. The number of anilines is 1. The first-order valence-corrected chi connectivity index (χ1v) is 6.22. The maximum absolute atomic E-state index is 13.8. The Morgan fingerprint density at radius 3 is 2.37 bits per heavy atom. The SMILES string of the molecule is CCNCCN(CC)c1ccc(C(F)(F)F)cc1F. The van der Waals surface area contributed by atoms with Crippen LogP contribution < -0.4 is 10.2 Å². The van der Waals surface area contributed by atoms with Gasteiger partial charge in [-0.1, -0.05) is 6.92 Å². The molecule has 0 unspecified atom stereocenters. The number of hydrogen-bond acceptors (Lipinski definition) is 2. The standard InChI is InChI=1S/C13H18F4N2/c1-3-18-7-8-19(4-2)12-6-5-10(9-11(12)14)13(15,16)17/h5-6,9,18H,3-4,7-8H2,1-2H3. The smallest absolute Gasteiger partial charge is 0.368 e. The molecule has 0 atom stereocenters. The Morgan fingerprint density at radius 1 is 1.21 bits per heavy atom. The molecule has 0 radical (unpaired) electrons. The molecular formula is C13H18F4N2. The fourth-order valence-electron chi connectivity index (χ4n) is 1.78. The number of nitrogens with one attached hydrogen (secondary N) is 1. The number of alkyl halides is 3. The van der Waals surface area contributed by atoms with Gasteiger partial charge in [0.05, 0.1) is 11.3 Å². The van der Waals surface area contributed by atoms with E-state index in [2.05, 4.69) is 5.32 Å². The predicted octanol–water partition coefficient (Wildman–Crippen LogP) is 3.28. The Bertz CT molecular complexity index is 404. The van der Waals surface area contributed by atoms with Gasteiger partial charge in [0.2, 0.25) is 0 Å². The van der Waals surface area contributed by atoms with Crippen LogP contribution in [0.3, 0.4) is 0 Å². The van der Waals surface area contributed by atoms with Crippen LogP contribution in [0.4, 0.5) is 23.2 Å². The van der Waals surface area contributed by atoms with Crippen LogP contribution >= 0.6 is 0 Å². The first-order valence-electron chi connectivity index (χ1n) is 6.22. The molecule has 0 fully saturated rings. The van der Waals surface area contributed by atoms with Crippen LogP contribution in [0, 0.1) is 5.82 Å². The quantitative estimate of drug-likeness (QED) is 0.634. The van der Waals surface area contributed by atoms with Crippen molar-refractivity contribution < 1.29 is 17.6 Å². The molecule has 1 N–H and O–H groups in total. The number of nitrogens with zero attached hydrogens (tertiary/aromatic N) is 1. The number of hydrogen-bond donors (Lipinski definition) is 1. The normalized spacial score (nSPS) is 11.7. The molecule has 0 spiro atoms. The highest BCUT2D eigenvalue weighted by molar-refractivity contribution is 5.49. The molecule has 2 nitrogen and oxygen atoms in total. The van der Waals surface area contributed by atoms with Crippen LogP contribution in [0.1, 0.15) is 19.4 Å². The first-order chi connectivity index (χ1) is 8.90. The van der Waals surface area contributed by atoms with Crippen LogP contribution in [0.5, 0.6) is 0 Å². The highest BCUT2D eigenvalue weighted by atomic mass is 19.4. The van der Waals surface area contributed by atoms with Gasteiger partial charge in [-0.2, -0.15) is 13.2 Å². The van der Waals surface area contributed by atoms with Crippen molar-refractivity contribution in [2.75, 3.05) is 31.1 Å². The Morgan fingerprint density at radius 2 is 1.89 bits per heavy atom. The summed E-state index contributed by atoms with van der Waals surface area (Å²) >= 11 is 0. The summed E-state index contributed by atoms with van der Waals surface area (Å²) in [6, 6.07) is 2.65. The lowest BCUT2D eigenvalue weighted by atomic mass is 10.1. The lowest BCUT2D eigenvalue weighted by molar-refractivity contribution is -0.137. The molecule has 6 heteroatoms. The zero-order chi connectivity index (χ0) is 14.5. The maximum Gasteiger partial charge on any atom is 0.416 e. The largest absolute Gasteiger partial charge is 0.416 e. The number of halogens is 4. The summed E-state index contributed by atoms with van der Waals surface area (Å²) in [5.74, 6) is -0.840. The van der Waals surface area contributed by atoms with Gasteiger partial charge in [-0.15, -0.1) is 0 Å². The van der Waals surface area contributed by atoms with Crippen molar-refractivity contribution >= 4 is 5.69 Å². The highest BCUT2D eigenvalue weighted by Crippen LogP contribution is 2.32. The van der Waals surface area contributed by atoms with Crippen LogP contribution in [-0.2, 0) is 6.18 Å². The summed E-state index contributed by atoms with van der Waals surface area (Å²) < 4.78 is 51.1. The Labute approximate surface area is 110 Å². The molecule has 1 rings (SSSR count). The monoisotopic (exact) mass is 278 g/mol. The van der Waals surface area contributed by atoms with E-state index in [0.29, 0.717) is 25.7 Å². The minimum absolute atomic E-state index is 0.202. The summed E-state index contributed by atoms with van der Waals surface area (Å²) in [6.45, 7) is 6.33. The summed E-state index contributed by atoms with van der Waals surface area (Å²) in [4.78, 5) is 1.71. The number of rotatable bonds is 6. The molecule has 108 valence electrons. The Balaban J connectivity index is 2.87. The van der Waals surface area contributed by atoms with Gasteiger partial charge in [0.25, 0.3) is 0 Å². The van der Waals surface area contributed by atoms with E-state index in [-0.39, 0.29) is 5.69 Å². The van der Waals surface area contributed by atoms with Gasteiger partial charge in [-0.25, -0.2) is 4.39 Å². The van der Waals surface area contributed by atoms with Crippen molar-refractivity contribution in [2.24, 2.45) is 0 Å². The summed E-state index contributed by atoms with van der Waals surface area (Å²) in [7, 11) is 0. The van der Waals surface area contributed by atoms with Gasteiger partial charge in [0.15, 0.2) is 0 Å². The van der Waals surface area contributed by atoms with E-state index in [0.717, 1.165) is 12.6 Å². The van der Waals surface area contributed by atoms with Gasteiger partial charge >= 0.3 is 6.18 Å². The fraction of sp³-hybridized carbons (Fsp3) is 0.538. The summed E-state index contributed by atoms with van der Waals surface area (Å²) in [6.07, 6.45) is -4.51. The second-order valence-corrected chi connectivity index (χ2v) is 4.10. The second kappa shape index (κ2) is 6.75. The lowest BCUT2D eigenvalue weighted by Crippen LogP contribution is -2.32. The zero-order valence-electron chi connectivity index (χ0n) is 11.0. The third-order valence-electron chi connectivity index (χ3n) is 2.81. The van der Waals surface area contributed by atoms with Crippen molar-refractivity contribution in [3.05, 3.63) is 29.6 Å². The van der Waals surface area contributed by atoms with Crippen molar-refractivity contribution in [1.29, 1.82) is 0 Å². The molecule has 1 aromatic carbocycles. The van der Waals surface area contributed by atoms with E-state index < -0.39 is 17.6 Å². The minimum atomic E-state index is -4.51. The third-order valence-corrected chi connectivity index (χ3v) is 2.81. The maximum atomic E-state index is 13.8. The Kier molecular flexibility index (Phi) is 5.60. The van der Waals surface area contributed by atoms with Gasteiger partial charge in [-0.3, -0.25) is 0 Å². The number of likely N-dealkylation sites (N-methyl/N-ethyl adjacent to an activating group) is 2. The topological polar surface area (TPSA) is 15.3 Å². The highest BCUT2D eigenvalue weighted by Gasteiger charge is 2.31. The van der Waals surface area contributed by atoms with Gasteiger partial charge < -0.3 is 10.2 Å². The zero-order valence-corrected chi connectivity index (χ0v) is 11.0. The summed E-state index contributed by atoms with van der Waals surface area (Å²) in [5, 5.41) is 3.09. The second-order valence-electron chi connectivity index (χ2n) is 4.10. The molecule has 0 aliphatic carbocycles. The molecule has 0 bridgehead atoms. The Hall–Kier alpha value is -1.30. The van der Waals surface area contributed by atoms with Crippen molar-refractivity contribution in [3.8, 4) is 0 Å². The molecular weight excluding hydrogens is 260 g/mol. The lowest BCUT2D eigenvalue weighted by Gasteiger charge is -2.24. The van der Waals surface area contributed by atoms with Crippen molar-refractivity contribution in [3.63, 3.8) is 0 Å². The fourth-order valence-corrected chi connectivity index (χ4v) is 1.78. The molecule has 0 heterocycles. The molecule has 19 heavy (non-hydrogen) atoms. The van der Waals surface area contributed by atoms with Crippen molar-refractivity contribution in [1.82, 2.24) is 5.32 Å². The van der Waals surface area contributed by atoms with Gasteiger partial charge in [0.1, 0.15) is 5.82 Å². The van der Waals surface area contributed by atoms with Crippen LogP contribution in [0.15, 0.2) is 18.2 Å². The van der Waals surface area contributed by atoms with Crippen LogP contribution in [-0.4, -0.2) is 26.2 Å². The molecule has 1 aromatic rings. The minimum Gasteiger partial charge on any atom is -0.368 e. The van der Waals surface area contributed by atoms with Crippen molar-refractivity contribution in [2.45, 2.75) is 20.0 Å². The van der Waals surface area contributed by atoms with Crippen LogP contribution in [0.25, 0.3) is 0 Å². The number of benzene rings is 1. The molecule has 0 aliphatic heterocycles. The molecule has 0 aliphatic rings. The predicted molar refractivity (Wildman–Crippen MR) is 67.8 cm³/mol. The van der Waals surface area contributed by atoms with Gasteiger partial charge in [0, 0.05) is 19.6 Å².